The Labute approximate surface area is 151 Å². The molecule has 0 spiro atoms. The number of hydrogen-bond donors (Lipinski definition) is 2. The van der Waals surface area contributed by atoms with Gasteiger partial charge in [0.2, 0.25) is 5.91 Å². The highest BCUT2D eigenvalue weighted by Gasteiger charge is 2.42. The van der Waals surface area contributed by atoms with Gasteiger partial charge >= 0.3 is 0 Å². The first-order valence-electron chi connectivity index (χ1n) is 8.26. The minimum atomic E-state index is -0.239. The van der Waals surface area contributed by atoms with Gasteiger partial charge < -0.3 is 15.5 Å². The van der Waals surface area contributed by atoms with Crippen LogP contribution in [0.2, 0.25) is 0 Å². The third-order valence-corrected chi connectivity index (χ3v) is 4.93. The average molecular weight is 422 g/mol. The number of nitrogens with one attached hydrogen (secondary N) is 2. The molecule has 0 unspecified atom stereocenters. The van der Waals surface area contributed by atoms with Crippen molar-refractivity contribution in [3.05, 3.63) is 0 Å². The summed E-state index contributed by atoms with van der Waals surface area (Å²) < 4.78 is 0. The summed E-state index contributed by atoms with van der Waals surface area (Å²) >= 11 is 0. The summed E-state index contributed by atoms with van der Waals surface area (Å²) in [6, 6.07) is 0.542. The number of carbonyl (C=O) groups is 1. The van der Waals surface area contributed by atoms with Gasteiger partial charge in [0.25, 0.3) is 0 Å². The van der Waals surface area contributed by atoms with Gasteiger partial charge in [-0.2, -0.15) is 0 Å². The van der Waals surface area contributed by atoms with E-state index in [0.29, 0.717) is 12.6 Å². The maximum Gasteiger partial charge on any atom is 0.230 e. The van der Waals surface area contributed by atoms with Gasteiger partial charge in [0, 0.05) is 33.7 Å². The van der Waals surface area contributed by atoms with E-state index in [1.807, 2.05) is 14.1 Å². The first-order valence-corrected chi connectivity index (χ1v) is 8.26. The van der Waals surface area contributed by atoms with Crippen molar-refractivity contribution >= 4 is 35.8 Å². The van der Waals surface area contributed by atoms with Crippen LogP contribution >= 0.6 is 24.0 Å². The predicted octanol–water partition coefficient (Wildman–Crippen LogP) is 2.36. The predicted molar refractivity (Wildman–Crippen MR) is 102 cm³/mol. The normalized spacial score (nSPS) is 21.3. The molecule has 2 rings (SSSR count). The van der Waals surface area contributed by atoms with E-state index < -0.39 is 0 Å². The molecule has 6 heteroatoms. The van der Waals surface area contributed by atoms with Crippen LogP contribution in [0, 0.1) is 5.41 Å². The Morgan fingerprint density at radius 3 is 2.27 bits per heavy atom. The standard InChI is InChI=1S/C16H30N4O.HI/c1-17-15(19-13-8-4-5-9-13)18-12-16(10-6-7-11-16)14(21)20(2)3;/h13H,4-12H2,1-3H3,(H2,17,18,19);1H. The van der Waals surface area contributed by atoms with Crippen LogP contribution in [0.25, 0.3) is 0 Å². The zero-order chi connectivity index (χ0) is 15.3. The van der Waals surface area contributed by atoms with Gasteiger partial charge in [0.05, 0.1) is 5.41 Å². The zero-order valence-electron chi connectivity index (χ0n) is 14.2. The molecule has 2 fully saturated rings. The largest absolute Gasteiger partial charge is 0.355 e. The first kappa shape index (κ1) is 19.5. The van der Waals surface area contributed by atoms with Crippen molar-refractivity contribution < 1.29 is 4.79 Å². The van der Waals surface area contributed by atoms with Crippen molar-refractivity contribution in [1.29, 1.82) is 0 Å². The second-order valence-corrected chi connectivity index (χ2v) is 6.74. The molecular formula is C16H31IN4O. The summed E-state index contributed by atoms with van der Waals surface area (Å²) in [4.78, 5) is 18.6. The molecular weight excluding hydrogens is 391 g/mol. The molecule has 1 amide bonds. The fraction of sp³-hybridized carbons (Fsp3) is 0.875. The number of aliphatic imine (C=N–C) groups is 1. The number of hydrogen-bond acceptors (Lipinski definition) is 2. The van der Waals surface area contributed by atoms with Crippen LogP contribution < -0.4 is 10.6 Å². The average Bonchev–Trinajstić information content (AvgIpc) is 3.14. The molecule has 0 heterocycles. The van der Waals surface area contributed by atoms with Gasteiger partial charge in [-0.3, -0.25) is 9.79 Å². The van der Waals surface area contributed by atoms with E-state index in [0.717, 1.165) is 31.6 Å². The summed E-state index contributed by atoms with van der Waals surface area (Å²) in [7, 11) is 5.52. The second kappa shape index (κ2) is 8.93. The third-order valence-electron chi connectivity index (χ3n) is 4.93. The highest BCUT2D eigenvalue weighted by Crippen LogP contribution is 2.38. The summed E-state index contributed by atoms with van der Waals surface area (Å²) in [5.74, 6) is 1.10. The van der Waals surface area contributed by atoms with Crippen LogP contribution in [-0.2, 0) is 4.79 Å². The smallest absolute Gasteiger partial charge is 0.230 e. The third kappa shape index (κ3) is 4.73. The molecule has 0 bridgehead atoms. The van der Waals surface area contributed by atoms with Crippen molar-refractivity contribution in [3.8, 4) is 0 Å². The van der Waals surface area contributed by atoms with E-state index in [1.54, 1.807) is 11.9 Å². The van der Waals surface area contributed by atoms with Crippen LogP contribution in [0.15, 0.2) is 4.99 Å². The molecule has 2 aliphatic rings. The maximum atomic E-state index is 12.5. The molecule has 2 saturated carbocycles. The number of nitrogens with zero attached hydrogens (tertiary/aromatic N) is 2. The van der Waals surface area contributed by atoms with E-state index in [2.05, 4.69) is 15.6 Å². The van der Waals surface area contributed by atoms with Crippen LogP contribution in [0.1, 0.15) is 51.4 Å². The molecule has 0 aromatic rings. The fourth-order valence-electron chi connectivity index (χ4n) is 3.70. The van der Waals surface area contributed by atoms with Gasteiger partial charge in [-0.05, 0) is 25.7 Å². The molecule has 0 aromatic carbocycles. The van der Waals surface area contributed by atoms with Crippen molar-refractivity contribution in [2.24, 2.45) is 10.4 Å². The number of carbonyl (C=O) groups excluding carboxylic acids is 1. The van der Waals surface area contributed by atoms with Gasteiger partial charge in [0.15, 0.2) is 5.96 Å². The molecule has 2 N–H and O–H groups in total. The topological polar surface area (TPSA) is 56.7 Å². The highest BCUT2D eigenvalue weighted by molar-refractivity contribution is 14.0. The van der Waals surface area contributed by atoms with Crippen LogP contribution in [0.5, 0.6) is 0 Å². The van der Waals surface area contributed by atoms with Crippen LogP contribution in [0.4, 0.5) is 0 Å². The van der Waals surface area contributed by atoms with Gasteiger partial charge in [-0.15, -0.1) is 24.0 Å². The van der Waals surface area contributed by atoms with E-state index >= 15 is 0 Å². The molecule has 0 atom stereocenters. The molecule has 0 aliphatic heterocycles. The summed E-state index contributed by atoms with van der Waals surface area (Å²) in [5, 5.41) is 6.90. The lowest BCUT2D eigenvalue weighted by molar-refractivity contribution is -0.138. The molecule has 0 radical (unpaired) electrons. The molecule has 5 nitrogen and oxygen atoms in total. The lowest BCUT2D eigenvalue weighted by Gasteiger charge is -2.31. The van der Waals surface area contributed by atoms with Gasteiger partial charge in [-0.25, -0.2) is 0 Å². The quantitative estimate of drug-likeness (QED) is 0.416. The Morgan fingerprint density at radius 2 is 1.77 bits per heavy atom. The lowest BCUT2D eigenvalue weighted by Crippen LogP contribution is -2.50. The van der Waals surface area contributed by atoms with Crippen molar-refractivity contribution in [1.82, 2.24) is 15.5 Å². The SMILES string of the molecule is CN=C(NCC1(C(=O)N(C)C)CCCC1)NC1CCCC1.I. The molecule has 22 heavy (non-hydrogen) atoms. The van der Waals surface area contributed by atoms with Crippen LogP contribution in [0.3, 0.4) is 0 Å². The van der Waals surface area contributed by atoms with Gasteiger partial charge in [-0.1, -0.05) is 25.7 Å². The number of rotatable bonds is 4. The van der Waals surface area contributed by atoms with E-state index in [4.69, 9.17) is 0 Å². The lowest BCUT2D eigenvalue weighted by atomic mass is 9.84. The maximum absolute atomic E-state index is 12.5. The van der Waals surface area contributed by atoms with Crippen molar-refractivity contribution in [3.63, 3.8) is 0 Å². The zero-order valence-corrected chi connectivity index (χ0v) is 16.5. The Bertz CT molecular complexity index is 386. The molecule has 0 saturated heterocycles. The fourth-order valence-corrected chi connectivity index (χ4v) is 3.70. The Kier molecular flexibility index (Phi) is 7.93. The number of guanidine groups is 1. The molecule has 0 aromatic heterocycles. The molecule has 2 aliphatic carbocycles. The van der Waals surface area contributed by atoms with E-state index in [1.165, 1.54) is 25.7 Å². The van der Waals surface area contributed by atoms with E-state index in [9.17, 15) is 4.79 Å². The summed E-state index contributed by atoms with van der Waals surface area (Å²) in [6.45, 7) is 0.691. The van der Waals surface area contributed by atoms with E-state index in [-0.39, 0.29) is 35.3 Å². The van der Waals surface area contributed by atoms with Crippen molar-refractivity contribution in [2.75, 3.05) is 27.7 Å². The summed E-state index contributed by atoms with van der Waals surface area (Å²) in [5.41, 5.74) is -0.239. The Balaban J connectivity index is 0.00000242. The Hall–Kier alpha value is -0.530. The van der Waals surface area contributed by atoms with Gasteiger partial charge in [0.1, 0.15) is 0 Å². The highest BCUT2D eigenvalue weighted by atomic mass is 127. The number of amides is 1. The van der Waals surface area contributed by atoms with Crippen molar-refractivity contribution in [2.45, 2.75) is 57.4 Å². The minimum absolute atomic E-state index is 0. The number of halogens is 1. The first-order chi connectivity index (χ1) is 10.1. The Morgan fingerprint density at radius 1 is 1.18 bits per heavy atom. The summed E-state index contributed by atoms with van der Waals surface area (Å²) in [6.07, 6.45) is 9.32. The molecule has 128 valence electrons. The van der Waals surface area contributed by atoms with Crippen LogP contribution in [-0.4, -0.2) is 50.5 Å². The monoisotopic (exact) mass is 422 g/mol. The minimum Gasteiger partial charge on any atom is -0.355 e. The second-order valence-electron chi connectivity index (χ2n) is 6.74.